The first-order chi connectivity index (χ1) is 5.07. The molecule has 0 bridgehead atoms. The topological polar surface area (TPSA) is 81.8 Å². The molecule has 11 heavy (non-hydrogen) atoms. The second kappa shape index (κ2) is 1.88. The second-order valence-electron chi connectivity index (χ2n) is 2.77. The highest BCUT2D eigenvalue weighted by Gasteiger charge is 2.43. The van der Waals surface area contributed by atoms with E-state index in [0.29, 0.717) is 0 Å². The van der Waals surface area contributed by atoms with E-state index in [1.807, 2.05) is 0 Å². The molecule has 0 amide bonds. The van der Waals surface area contributed by atoms with Crippen molar-refractivity contribution in [2.45, 2.75) is 12.1 Å². The van der Waals surface area contributed by atoms with E-state index in [0.717, 1.165) is 0 Å². The Morgan fingerprint density at radius 2 is 2.27 bits per heavy atom. The van der Waals surface area contributed by atoms with E-state index in [-0.39, 0.29) is 29.7 Å². The number of hydrogen-bond acceptors (Lipinski definition) is 5. The summed E-state index contributed by atoms with van der Waals surface area (Å²) in [6, 6.07) is -0.130. The van der Waals surface area contributed by atoms with Gasteiger partial charge in [-0.1, -0.05) is 0 Å². The first kappa shape index (κ1) is 6.90. The molecule has 2 rings (SSSR count). The predicted molar refractivity (Wildman–Crippen MR) is 38.9 cm³/mol. The van der Waals surface area contributed by atoms with Gasteiger partial charge in [-0.3, -0.25) is 0 Å². The van der Waals surface area contributed by atoms with Crippen molar-refractivity contribution in [3.63, 3.8) is 0 Å². The van der Waals surface area contributed by atoms with Crippen LogP contribution in [-0.4, -0.2) is 38.1 Å². The maximum Gasteiger partial charge on any atom is 0.282 e. The number of nitrogens with two attached hydrogens (primary N) is 1. The molecule has 2 atom stereocenters. The molecule has 5 nitrogen and oxygen atoms in total. The summed E-state index contributed by atoms with van der Waals surface area (Å²) in [5, 5.41) is 0. The van der Waals surface area contributed by atoms with Gasteiger partial charge in [0.2, 0.25) is 0 Å². The molecule has 1 saturated heterocycles. The Hall–Kier alpha value is -0.780. The molecule has 0 radical (unpaired) electrons. The molecule has 2 aliphatic heterocycles. The lowest BCUT2D eigenvalue weighted by Gasteiger charge is -2.03. The van der Waals surface area contributed by atoms with Crippen molar-refractivity contribution in [1.82, 2.24) is 0 Å². The molecule has 2 heterocycles. The smallest absolute Gasteiger partial charge is 0.282 e. The number of fused-ring (bicyclic) bond motifs is 1. The molecule has 62 valence electrons. The molecule has 0 aromatic heterocycles. The Morgan fingerprint density at radius 3 is 2.91 bits per heavy atom. The molecule has 2 N–H and O–H groups in total. The largest absolute Gasteiger partial charge is 0.459 e. The van der Waals surface area contributed by atoms with Gasteiger partial charge in [0.05, 0.1) is 11.5 Å². The van der Waals surface area contributed by atoms with Crippen LogP contribution in [0.3, 0.4) is 0 Å². The van der Waals surface area contributed by atoms with Gasteiger partial charge < -0.3 is 10.5 Å². The van der Waals surface area contributed by atoms with E-state index in [2.05, 4.69) is 4.99 Å². The van der Waals surface area contributed by atoms with E-state index in [4.69, 9.17) is 10.5 Å². The van der Waals surface area contributed by atoms with Gasteiger partial charge in [0.15, 0.2) is 9.84 Å². The minimum atomic E-state index is -2.92. The Kier molecular flexibility index (Phi) is 1.18. The Morgan fingerprint density at radius 1 is 1.55 bits per heavy atom. The highest BCUT2D eigenvalue weighted by Crippen LogP contribution is 2.22. The second-order valence-corrected chi connectivity index (χ2v) is 4.92. The van der Waals surface area contributed by atoms with Gasteiger partial charge in [-0.25, -0.2) is 13.4 Å². The predicted octanol–water partition coefficient (Wildman–Crippen LogP) is -1.50. The van der Waals surface area contributed by atoms with Crippen LogP contribution in [0.1, 0.15) is 0 Å². The van der Waals surface area contributed by atoms with Crippen molar-refractivity contribution in [2.24, 2.45) is 10.7 Å². The van der Waals surface area contributed by atoms with E-state index in [1.54, 1.807) is 0 Å². The molecule has 0 aliphatic carbocycles. The number of amidine groups is 1. The third kappa shape index (κ3) is 1.07. The number of hydrogen-bond donors (Lipinski definition) is 1. The number of rotatable bonds is 0. The highest BCUT2D eigenvalue weighted by molar-refractivity contribution is 7.91. The van der Waals surface area contributed by atoms with Gasteiger partial charge in [-0.05, 0) is 0 Å². The summed E-state index contributed by atoms with van der Waals surface area (Å²) in [5.74, 6) is 0.139. The number of ether oxygens (including phenoxy) is 1. The minimum Gasteiger partial charge on any atom is -0.459 e. The number of nitrogens with zero attached hydrogens (tertiary/aromatic N) is 1. The summed E-state index contributed by atoms with van der Waals surface area (Å²) in [4.78, 5) is 3.84. The van der Waals surface area contributed by atoms with Crippen LogP contribution in [0.15, 0.2) is 4.99 Å². The lowest BCUT2D eigenvalue weighted by atomic mass is 10.2. The molecular weight excluding hydrogens is 168 g/mol. The molecule has 0 spiro atoms. The number of sulfone groups is 1. The maximum atomic E-state index is 11.0. The first-order valence-corrected chi connectivity index (χ1v) is 5.09. The highest BCUT2D eigenvalue weighted by atomic mass is 32.2. The third-order valence-electron chi connectivity index (χ3n) is 1.84. The molecule has 0 aromatic carbocycles. The van der Waals surface area contributed by atoms with Crippen LogP contribution in [-0.2, 0) is 14.6 Å². The fraction of sp³-hybridized carbons (Fsp3) is 0.800. The van der Waals surface area contributed by atoms with Gasteiger partial charge in [-0.15, -0.1) is 0 Å². The molecule has 0 saturated carbocycles. The zero-order valence-electron chi connectivity index (χ0n) is 5.73. The zero-order valence-corrected chi connectivity index (χ0v) is 6.54. The SMILES string of the molecule is NC1=N[C@H]2CS(=O)(=O)C[C@H]2O1. The van der Waals surface area contributed by atoms with Crippen molar-refractivity contribution in [2.75, 3.05) is 11.5 Å². The normalized spacial score (nSPS) is 39.5. The summed E-state index contributed by atoms with van der Waals surface area (Å²) in [6.07, 6.45) is -0.319. The van der Waals surface area contributed by atoms with Crippen molar-refractivity contribution < 1.29 is 13.2 Å². The zero-order chi connectivity index (χ0) is 8.06. The fourth-order valence-corrected chi connectivity index (χ4v) is 3.12. The molecule has 2 aliphatic rings. The molecule has 6 heteroatoms. The van der Waals surface area contributed by atoms with Crippen LogP contribution in [0.5, 0.6) is 0 Å². The van der Waals surface area contributed by atoms with E-state index in [9.17, 15) is 8.42 Å². The van der Waals surface area contributed by atoms with E-state index < -0.39 is 9.84 Å². The first-order valence-electron chi connectivity index (χ1n) is 3.27. The van der Waals surface area contributed by atoms with Crippen molar-refractivity contribution >= 4 is 15.9 Å². The standard InChI is InChI=1S/C5H8N2O3S/c6-5-7-3-1-11(8,9)2-4(3)10-5/h3-4H,1-2H2,(H2,6,7)/t3-,4+/m0/s1. The van der Waals surface area contributed by atoms with Crippen LogP contribution in [0.2, 0.25) is 0 Å². The summed E-state index contributed by atoms with van der Waals surface area (Å²) < 4.78 is 26.9. The van der Waals surface area contributed by atoms with E-state index >= 15 is 0 Å². The summed E-state index contributed by atoms with van der Waals surface area (Å²) in [7, 11) is -2.92. The monoisotopic (exact) mass is 176 g/mol. The van der Waals surface area contributed by atoms with Crippen LogP contribution in [0, 0.1) is 0 Å². The van der Waals surface area contributed by atoms with Gasteiger partial charge in [-0.2, -0.15) is 0 Å². The average Bonchev–Trinajstić information content (AvgIpc) is 2.17. The van der Waals surface area contributed by atoms with Gasteiger partial charge in [0.25, 0.3) is 6.02 Å². The Labute approximate surface area is 64.2 Å². The Bertz CT molecular complexity index is 308. The third-order valence-corrected chi connectivity index (χ3v) is 3.52. The molecule has 0 aromatic rings. The quantitative estimate of drug-likeness (QED) is 0.487. The molecular formula is C5H8N2O3S. The van der Waals surface area contributed by atoms with Crippen molar-refractivity contribution in [1.29, 1.82) is 0 Å². The summed E-state index contributed by atoms with van der Waals surface area (Å²) >= 11 is 0. The van der Waals surface area contributed by atoms with Gasteiger partial charge in [0, 0.05) is 0 Å². The lowest BCUT2D eigenvalue weighted by molar-refractivity contribution is 0.227. The maximum absolute atomic E-state index is 11.0. The number of aliphatic imine (C=N–C) groups is 1. The van der Waals surface area contributed by atoms with Crippen LogP contribution >= 0.6 is 0 Å². The van der Waals surface area contributed by atoms with Crippen LogP contribution in [0.25, 0.3) is 0 Å². The van der Waals surface area contributed by atoms with Crippen LogP contribution in [0.4, 0.5) is 0 Å². The van der Waals surface area contributed by atoms with Gasteiger partial charge in [0.1, 0.15) is 12.1 Å². The average molecular weight is 176 g/mol. The van der Waals surface area contributed by atoms with Crippen molar-refractivity contribution in [3.05, 3.63) is 0 Å². The molecule has 0 unspecified atom stereocenters. The van der Waals surface area contributed by atoms with Crippen LogP contribution < -0.4 is 5.73 Å². The lowest BCUT2D eigenvalue weighted by Crippen LogP contribution is -2.22. The molecule has 1 fully saturated rings. The van der Waals surface area contributed by atoms with E-state index in [1.165, 1.54) is 0 Å². The fourth-order valence-electron chi connectivity index (χ4n) is 1.38. The summed E-state index contributed by atoms with van der Waals surface area (Å²) in [6.45, 7) is 0. The van der Waals surface area contributed by atoms with Gasteiger partial charge >= 0.3 is 0 Å². The summed E-state index contributed by atoms with van der Waals surface area (Å²) in [5.41, 5.74) is 5.25. The van der Waals surface area contributed by atoms with Crippen molar-refractivity contribution in [3.8, 4) is 0 Å². The Balaban J connectivity index is 2.26. The minimum absolute atomic E-state index is 0.0574.